The van der Waals surface area contributed by atoms with Crippen LogP contribution >= 0.6 is 0 Å². The topological polar surface area (TPSA) is 63.8 Å². The Morgan fingerprint density at radius 1 is 1.40 bits per heavy atom. The minimum Gasteiger partial charge on any atom is -0.325 e. The molecule has 0 bridgehead atoms. The van der Waals surface area contributed by atoms with Crippen LogP contribution in [0.1, 0.15) is 42.5 Å². The van der Waals surface area contributed by atoms with Gasteiger partial charge in [-0.15, -0.1) is 0 Å². The number of nitrogens with zero attached hydrogens (tertiary/aromatic N) is 2. The smallest absolute Gasteiger partial charge is 0.131 e. The molecule has 3 N–H and O–H groups in total. The summed E-state index contributed by atoms with van der Waals surface area (Å²) in [4.78, 5) is 9.14. The van der Waals surface area contributed by atoms with E-state index in [-0.39, 0.29) is 0 Å². The molecule has 0 fully saturated rings. The van der Waals surface area contributed by atoms with E-state index in [0.717, 1.165) is 31.0 Å². The van der Waals surface area contributed by atoms with Crippen LogP contribution in [0.2, 0.25) is 0 Å². The van der Waals surface area contributed by atoms with Crippen LogP contribution in [0.4, 0.5) is 0 Å². The van der Waals surface area contributed by atoms with Crippen LogP contribution in [0.15, 0.2) is 0 Å². The van der Waals surface area contributed by atoms with E-state index < -0.39 is 0 Å². The van der Waals surface area contributed by atoms with Gasteiger partial charge in [-0.2, -0.15) is 0 Å². The monoisotopic (exact) mass is 206 g/mol. The van der Waals surface area contributed by atoms with Crippen molar-refractivity contribution < 1.29 is 0 Å². The Hall–Kier alpha value is -1.00. The standard InChI is InChI=1S/C11H18N4/c1-7(2)11-14-9-3-4-13-6-8(9)10(5-12)15-11/h7,13H,3-6,12H2,1-2H3. The molecule has 2 heterocycles. The Morgan fingerprint density at radius 2 is 2.20 bits per heavy atom. The zero-order chi connectivity index (χ0) is 10.8. The molecule has 4 nitrogen and oxygen atoms in total. The predicted molar refractivity (Wildman–Crippen MR) is 59.4 cm³/mol. The van der Waals surface area contributed by atoms with Gasteiger partial charge >= 0.3 is 0 Å². The fraction of sp³-hybridized carbons (Fsp3) is 0.636. The summed E-state index contributed by atoms with van der Waals surface area (Å²) in [5.41, 5.74) is 9.14. The third-order valence-corrected chi connectivity index (χ3v) is 2.75. The second-order valence-electron chi connectivity index (χ2n) is 4.24. The summed E-state index contributed by atoms with van der Waals surface area (Å²) in [6.07, 6.45) is 0.991. The average molecular weight is 206 g/mol. The van der Waals surface area contributed by atoms with Gasteiger partial charge in [0.2, 0.25) is 0 Å². The molecule has 0 amide bonds. The second kappa shape index (κ2) is 4.24. The number of nitrogens with two attached hydrogens (primary N) is 1. The lowest BCUT2D eigenvalue weighted by Crippen LogP contribution is -2.28. The van der Waals surface area contributed by atoms with E-state index in [2.05, 4.69) is 29.1 Å². The SMILES string of the molecule is CC(C)c1nc(CN)c2c(n1)CCNC2. The number of rotatable bonds is 2. The zero-order valence-corrected chi connectivity index (χ0v) is 9.38. The highest BCUT2D eigenvalue weighted by molar-refractivity contribution is 5.28. The minimum atomic E-state index is 0.371. The number of fused-ring (bicyclic) bond motifs is 1. The zero-order valence-electron chi connectivity index (χ0n) is 9.38. The molecule has 0 unspecified atom stereocenters. The summed E-state index contributed by atoms with van der Waals surface area (Å²) < 4.78 is 0. The molecule has 0 atom stereocenters. The summed E-state index contributed by atoms with van der Waals surface area (Å²) in [6, 6.07) is 0. The summed E-state index contributed by atoms with van der Waals surface area (Å²) in [5.74, 6) is 1.30. The number of hydrogen-bond acceptors (Lipinski definition) is 4. The van der Waals surface area contributed by atoms with Crippen LogP contribution in [0.5, 0.6) is 0 Å². The molecule has 0 radical (unpaired) electrons. The van der Waals surface area contributed by atoms with Crippen LogP contribution in [0.3, 0.4) is 0 Å². The van der Waals surface area contributed by atoms with Crippen molar-refractivity contribution >= 4 is 0 Å². The van der Waals surface area contributed by atoms with Crippen LogP contribution in [0, 0.1) is 0 Å². The molecule has 0 aliphatic carbocycles. The summed E-state index contributed by atoms with van der Waals surface area (Å²) >= 11 is 0. The molecule has 0 saturated carbocycles. The Kier molecular flexibility index (Phi) is 2.98. The van der Waals surface area contributed by atoms with Crippen LogP contribution < -0.4 is 11.1 Å². The number of aromatic nitrogens is 2. The van der Waals surface area contributed by atoms with Gasteiger partial charge in [0.05, 0.1) is 11.4 Å². The Morgan fingerprint density at radius 3 is 2.87 bits per heavy atom. The van der Waals surface area contributed by atoms with Crippen molar-refractivity contribution in [1.82, 2.24) is 15.3 Å². The van der Waals surface area contributed by atoms with Crippen molar-refractivity contribution in [3.63, 3.8) is 0 Å². The maximum atomic E-state index is 5.72. The van der Waals surface area contributed by atoms with Gasteiger partial charge < -0.3 is 11.1 Å². The first kappa shape index (κ1) is 10.5. The molecule has 2 rings (SSSR count). The third-order valence-electron chi connectivity index (χ3n) is 2.75. The van der Waals surface area contributed by atoms with Gasteiger partial charge in [0.1, 0.15) is 5.82 Å². The molecular weight excluding hydrogens is 188 g/mol. The quantitative estimate of drug-likeness (QED) is 0.748. The molecule has 0 saturated heterocycles. The first-order valence-electron chi connectivity index (χ1n) is 5.51. The maximum Gasteiger partial charge on any atom is 0.131 e. The van der Waals surface area contributed by atoms with Gasteiger partial charge in [-0.25, -0.2) is 9.97 Å². The van der Waals surface area contributed by atoms with Crippen LogP contribution in [-0.4, -0.2) is 16.5 Å². The van der Waals surface area contributed by atoms with Crippen molar-refractivity contribution in [3.05, 3.63) is 22.8 Å². The lowest BCUT2D eigenvalue weighted by molar-refractivity contribution is 0.602. The molecule has 4 heteroatoms. The van der Waals surface area contributed by atoms with E-state index in [9.17, 15) is 0 Å². The molecule has 0 spiro atoms. The average Bonchev–Trinajstić information content (AvgIpc) is 2.27. The van der Waals surface area contributed by atoms with E-state index in [0.29, 0.717) is 12.5 Å². The molecule has 82 valence electrons. The first-order chi connectivity index (χ1) is 7.22. The van der Waals surface area contributed by atoms with Crippen molar-refractivity contribution in [2.24, 2.45) is 5.73 Å². The van der Waals surface area contributed by atoms with Crippen molar-refractivity contribution in [2.45, 2.75) is 39.3 Å². The normalized spacial score (nSPS) is 15.5. The summed E-state index contributed by atoms with van der Waals surface area (Å²) in [6.45, 7) is 6.60. The second-order valence-corrected chi connectivity index (χ2v) is 4.24. The van der Waals surface area contributed by atoms with E-state index >= 15 is 0 Å². The molecule has 1 aromatic rings. The molecule has 1 aromatic heterocycles. The maximum absolute atomic E-state index is 5.72. The van der Waals surface area contributed by atoms with Crippen molar-refractivity contribution in [1.29, 1.82) is 0 Å². The van der Waals surface area contributed by atoms with Crippen LogP contribution in [-0.2, 0) is 19.5 Å². The fourth-order valence-electron chi connectivity index (χ4n) is 1.86. The molecule has 1 aliphatic heterocycles. The van der Waals surface area contributed by atoms with E-state index in [1.54, 1.807) is 0 Å². The molecule has 0 aromatic carbocycles. The highest BCUT2D eigenvalue weighted by atomic mass is 15.0. The fourth-order valence-corrected chi connectivity index (χ4v) is 1.86. The van der Waals surface area contributed by atoms with E-state index in [1.165, 1.54) is 11.3 Å². The third kappa shape index (κ3) is 2.01. The Bertz CT molecular complexity index is 343. The Balaban J connectivity index is 2.48. The van der Waals surface area contributed by atoms with Crippen molar-refractivity contribution in [2.75, 3.05) is 6.54 Å². The van der Waals surface area contributed by atoms with E-state index in [4.69, 9.17) is 5.73 Å². The van der Waals surface area contributed by atoms with E-state index in [1.807, 2.05) is 0 Å². The lowest BCUT2D eigenvalue weighted by Gasteiger charge is -2.20. The van der Waals surface area contributed by atoms with Gasteiger partial charge in [0.15, 0.2) is 0 Å². The number of nitrogens with one attached hydrogen (secondary N) is 1. The highest BCUT2D eigenvalue weighted by Gasteiger charge is 2.17. The predicted octanol–water partition coefficient (Wildman–Crippen LogP) is 0.704. The van der Waals surface area contributed by atoms with Crippen LogP contribution in [0.25, 0.3) is 0 Å². The minimum absolute atomic E-state index is 0.371. The highest BCUT2D eigenvalue weighted by Crippen LogP contribution is 2.18. The van der Waals surface area contributed by atoms with Gasteiger partial charge in [-0.3, -0.25) is 0 Å². The van der Waals surface area contributed by atoms with Crippen molar-refractivity contribution in [3.8, 4) is 0 Å². The molecule has 15 heavy (non-hydrogen) atoms. The van der Waals surface area contributed by atoms with Gasteiger partial charge in [0, 0.05) is 37.5 Å². The summed E-state index contributed by atoms with van der Waals surface area (Å²) in [7, 11) is 0. The molecule has 1 aliphatic rings. The summed E-state index contributed by atoms with van der Waals surface area (Å²) in [5, 5.41) is 3.33. The van der Waals surface area contributed by atoms with Gasteiger partial charge in [-0.05, 0) is 0 Å². The molecular formula is C11H18N4. The number of hydrogen-bond donors (Lipinski definition) is 2. The Labute approximate surface area is 90.3 Å². The lowest BCUT2D eigenvalue weighted by atomic mass is 10.0. The van der Waals surface area contributed by atoms with Gasteiger partial charge in [0.25, 0.3) is 0 Å². The first-order valence-corrected chi connectivity index (χ1v) is 5.51. The van der Waals surface area contributed by atoms with Gasteiger partial charge in [-0.1, -0.05) is 13.8 Å². The largest absolute Gasteiger partial charge is 0.325 e.